The number of rotatable bonds is 5. The Kier molecular flexibility index (Phi) is 7.87. The molecule has 0 unspecified atom stereocenters. The minimum Gasteiger partial charge on any atom is -0.455 e. The van der Waals surface area contributed by atoms with Gasteiger partial charge in [-0.15, -0.1) is 0 Å². The lowest BCUT2D eigenvalue weighted by molar-refractivity contribution is 0.672. The molecule has 10 aromatic carbocycles. The van der Waals surface area contributed by atoms with Gasteiger partial charge in [0.05, 0.1) is 28.0 Å². The van der Waals surface area contributed by atoms with Crippen molar-refractivity contribution in [3.8, 4) is 56.3 Å². The summed E-state index contributed by atoms with van der Waals surface area (Å²) in [5.41, 5.74) is 11.5. The molecule has 0 amide bonds. The van der Waals surface area contributed by atoms with Crippen LogP contribution in [0.3, 0.4) is 0 Å². The molecule has 0 bridgehead atoms. The third-order valence-corrected chi connectivity index (χ3v) is 12.7. The van der Waals surface area contributed by atoms with E-state index in [0.29, 0.717) is 5.82 Å². The number of hydrogen-bond acceptors (Lipinski definition) is 4. The maximum atomic E-state index is 6.59. The fourth-order valence-corrected chi connectivity index (χ4v) is 9.73. The van der Waals surface area contributed by atoms with Crippen molar-refractivity contribution in [1.82, 2.24) is 15.0 Å². The number of furan rings is 1. The average molecular weight is 802 g/mol. The Morgan fingerprint density at radius 1 is 0.302 bits per heavy atom. The summed E-state index contributed by atoms with van der Waals surface area (Å²) in [5, 5.41) is 12.6. The predicted molar refractivity (Wildman–Crippen MR) is 262 cm³/mol. The highest BCUT2D eigenvalue weighted by atomic mass is 16.3. The van der Waals surface area contributed by atoms with E-state index < -0.39 is 0 Å². The third kappa shape index (κ3) is 5.66. The van der Waals surface area contributed by atoms with Gasteiger partial charge in [-0.3, -0.25) is 0 Å². The molecule has 63 heavy (non-hydrogen) atoms. The van der Waals surface area contributed by atoms with Crippen LogP contribution in [0.4, 0.5) is 0 Å². The van der Waals surface area contributed by atoms with Crippen molar-refractivity contribution in [1.29, 1.82) is 0 Å². The summed E-state index contributed by atoms with van der Waals surface area (Å²) in [5.74, 6) is 0.666. The molecule has 3 aromatic heterocycles. The Morgan fingerprint density at radius 2 is 0.857 bits per heavy atom. The van der Waals surface area contributed by atoms with Crippen molar-refractivity contribution in [2.75, 3.05) is 0 Å². The molecule has 13 rings (SSSR count). The summed E-state index contributed by atoms with van der Waals surface area (Å²) >= 11 is 0. The SMILES string of the molecule is c1ccc(-c2cccc(-c3nc(-c4ccc5c6ccccc6c6ccccc6c5c4)cc(-c4ccc(-c5nc6ccccc6c6oc7ccccc7c56)c5ccccc45)n3)c2)cc1. The zero-order chi connectivity index (χ0) is 41.4. The zero-order valence-electron chi connectivity index (χ0n) is 34.0. The van der Waals surface area contributed by atoms with Gasteiger partial charge in [-0.25, -0.2) is 15.0 Å². The van der Waals surface area contributed by atoms with Crippen molar-refractivity contribution in [3.05, 3.63) is 212 Å². The molecular weight excluding hydrogens is 767 g/mol. The van der Waals surface area contributed by atoms with E-state index in [1.54, 1.807) is 0 Å². The zero-order valence-corrected chi connectivity index (χ0v) is 34.0. The Bertz CT molecular complexity index is 3950. The molecule has 0 saturated heterocycles. The molecule has 0 fully saturated rings. The number of para-hydroxylation sites is 2. The van der Waals surface area contributed by atoms with Crippen molar-refractivity contribution < 1.29 is 4.42 Å². The first-order valence-electron chi connectivity index (χ1n) is 21.3. The Morgan fingerprint density at radius 3 is 1.62 bits per heavy atom. The van der Waals surface area contributed by atoms with Crippen molar-refractivity contribution in [2.24, 2.45) is 0 Å². The van der Waals surface area contributed by atoms with Gasteiger partial charge < -0.3 is 4.42 Å². The van der Waals surface area contributed by atoms with Crippen LogP contribution in [0.2, 0.25) is 0 Å². The number of aromatic nitrogens is 3. The normalized spacial score (nSPS) is 11.8. The van der Waals surface area contributed by atoms with E-state index in [4.69, 9.17) is 19.4 Å². The Labute approximate surface area is 362 Å². The van der Waals surface area contributed by atoms with E-state index in [2.05, 4.69) is 182 Å². The first-order valence-corrected chi connectivity index (χ1v) is 21.3. The highest BCUT2D eigenvalue weighted by Crippen LogP contribution is 2.44. The van der Waals surface area contributed by atoms with E-state index in [9.17, 15) is 0 Å². The van der Waals surface area contributed by atoms with Crippen LogP contribution in [0.25, 0.3) is 132 Å². The largest absolute Gasteiger partial charge is 0.455 e. The maximum absolute atomic E-state index is 6.59. The lowest BCUT2D eigenvalue weighted by atomic mass is 9.92. The van der Waals surface area contributed by atoms with Gasteiger partial charge in [0.15, 0.2) is 5.82 Å². The maximum Gasteiger partial charge on any atom is 0.160 e. The van der Waals surface area contributed by atoms with E-state index in [0.717, 1.165) is 94.1 Å². The van der Waals surface area contributed by atoms with Crippen LogP contribution < -0.4 is 0 Å². The molecule has 0 radical (unpaired) electrons. The molecule has 0 saturated carbocycles. The number of benzene rings is 10. The number of nitrogens with zero attached hydrogens (tertiary/aromatic N) is 3. The van der Waals surface area contributed by atoms with Gasteiger partial charge in [0.2, 0.25) is 0 Å². The smallest absolute Gasteiger partial charge is 0.160 e. The summed E-state index contributed by atoms with van der Waals surface area (Å²) in [7, 11) is 0. The molecule has 292 valence electrons. The standard InChI is InChI=1S/C59H35N3O/c1-2-15-36(16-3-1)37-17-14-18-39(33-37)59-61-53(38-29-30-46-42-21-5-4-19-40(42)41-20-6-9-24-45(41)51(46)34-38)35-54(62-59)47-31-32-48(44-23-8-7-22-43(44)47)57-56-50-26-11-13-28-55(50)63-58(56)49-25-10-12-27-52(49)60-57/h1-35H. The highest BCUT2D eigenvalue weighted by molar-refractivity contribution is 6.26. The van der Waals surface area contributed by atoms with E-state index >= 15 is 0 Å². The van der Waals surface area contributed by atoms with Crippen molar-refractivity contribution >= 4 is 75.9 Å². The van der Waals surface area contributed by atoms with E-state index in [1.165, 1.54) is 32.3 Å². The van der Waals surface area contributed by atoms with Crippen LogP contribution in [0, 0.1) is 0 Å². The van der Waals surface area contributed by atoms with Gasteiger partial charge in [0, 0.05) is 33.0 Å². The topological polar surface area (TPSA) is 51.8 Å². The number of hydrogen-bond donors (Lipinski definition) is 0. The van der Waals surface area contributed by atoms with Crippen molar-refractivity contribution in [2.45, 2.75) is 0 Å². The van der Waals surface area contributed by atoms with Crippen LogP contribution in [-0.4, -0.2) is 15.0 Å². The molecule has 0 aliphatic rings. The third-order valence-electron chi connectivity index (χ3n) is 12.7. The first kappa shape index (κ1) is 35.3. The molecule has 4 heteroatoms. The molecule has 4 nitrogen and oxygen atoms in total. The Balaban J connectivity index is 1.05. The molecule has 13 aromatic rings. The lowest BCUT2D eigenvalue weighted by Crippen LogP contribution is -1.97. The molecule has 3 heterocycles. The second kappa shape index (κ2) is 14.1. The fourth-order valence-electron chi connectivity index (χ4n) is 9.73. The van der Waals surface area contributed by atoms with Crippen LogP contribution in [0.5, 0.6) is 0 Å². The number of fused-ring (bicyclic) bond motifs is 12. The highest BCUT2D eigenvalue weighted by Gasteiger charge is 2.21. The minimum atomic E-state index is 0.666. The van der Waals surface area contributed by atoms with Crippen LogP contribution in [0.1, 0.15) is 0 Å². The van der Waals surface area contributed by atoms with Crippen LogP contribution >= 0.6 is 0 Å². The lowest BCUT2D eigenvalue weighted by Gasteiger charge is -2.15. The quantitative estimate of drug-likeness (QED) is 0.163. The van der Waals surface area contributed by atoms with Gasteiger partial charge in [0.1, 0.15) is 11.2 Å². The van der Waals surface area contributed by atoms with E-state index in [-0.39, 0.29) is 0 Å². The monoisotopic (exact) mass is 801 g/mol. The van der Waals surface area contributed by atoms with Gasteiger partial charge in [0.25, 0.3) is 0 Å². The van der Waals surface area contributed by atoms with Gasteiger partial charge >= 0.3 is 0 Å². The van der Waals surface area contributed by atoms with Gasteiger partial charge in [-0.05, 0) is 90.6 Å². The fraction of sp³-hybridized carbons (Fsp3) is 0. The molecule has 0 aliphatic heterocycles. The molecule has 0 N–H and O–H groups in total. The summed E-state index contributed by atoms with van der Waals surface area (Å²) in [6.07, 6.45) is 0. The van der Waals surface area contributed by atoms with Gasteiger partial charge in [-0.2, -0.15) is 0 Å². The molecule has 0 spiro atoms. The molecule has 0 aliphatic carbocycles. The summed E-state index contributed by atoms with van der Waals surface area (Å²) in [6, 6.07) is 75.0. The molecule has 0 atom stereocenters. The van der Waals surface area contributed by atoms with E-state index in [1.807, 2.05) is 30.3 Å². The summed E-state index contributed by atoms with van der Waals surface area (Å²) < 4.78 is 6.59. The van der Waals surface area contributed by atoms with Gasteiger partial charge in [-0.1, -0.05) is 176 Å². The second-order valence-electron chi connectivity index (χ2n) is 16.2. The van der Waals surface area contributed by atoms with Crippen molar-refractivity contribution in [3.63, 3.8) is 0 Å². The number of pyridine rings is 1. The second-order valence-corrected chi connectivity index (χ2v) is 16.2. The van der Waals surface area contributed by atoms with Crippen LogP contribution in [0.15, 0.2) is 217 Å². The summed E-state index contributed by atoms with van der Waals surface area (Å²) in [4.78, 5) is 16.2. The molecular formula is C59H35N3O. The average Bonchev–Trinajstić information content (AvgIpc) is 3.76. The summed E-state index contributed by atoms with van der Waals surface area (Å²) in [6.45, 7) is 0. The predicted octanol–water partition coefficient (Wildman–Crippen LogP) is 15.9. The first-order chi connectivity index (χ1) is 31.2. The Hall–Kier alpha value is -8.47. The minimum absolute atomic E-state index is 0.666. The van der Waals surface area contributed by atoms with Crippen LogP contribution in [-0.2, 0) is 0 Å².